The van der Waals surface area contributed by atoms with Gasteiger partial charge >= 0.3 is 0 Å². The number of anilines is 1. The quantitative estimate of drug-likeness (QED) is 0.575. The van der Waals surface area contributed by atoms with Gasteiger partial charge in [0.05, 0.1) is 21.1 Å². The fourth-order valence-corrected chi connectivity index (χ4v) is 3.04. The van der Waals surface area contributed by atoms with Crippen LogP contribution in [0.15, 0.2) is 18.3 Å². The predicted octanol–water partition coefficient (Wildman–Crippen LogP) is 4.96. The molecule has 0 atom stereocenters. The summed E-state index contributed by atoms with van der Waals surface area (Å²) in [5.41, 5.74) is -1.55. The first-order chi connectivity index (χ1) is 13.2. The fourth-order valence-electron chi connectivity index (χ4n) is 2.62. The summed E-state index contributed by atoms with van der Waals surface area (Å²) in [5, 5.41) is 6.67. The first kappa shape index (κ1) is 20.3. The summed E-state index contributed by atoms with van der Waals surface area (Å²) in [6.07, 6.45) is -4.80. The van der Waals surface area contributed by atoms with Crippen molar-refractivity contribution in [2.45, 2.75) is 26.3 Å². The molecule has 0 bridgehead atoms. The number of aromatic nitrogens is 4. The van der Waals surface area contributed by atoms with Crippen molar-refractivity contribution in [1.29, 1.82) is 0 Å². The topological polar surface area (TPSA) is 72.7 Å². The number of alkyl halides is 4. The Hall–Kier alpha value is -2.46. The van der Waals surface area contributed by atoms with Gasteiger partial charge in [-0.05, 0) is 19.1 Å². The highest BCUT2D eigenvalue weighted by molar-refractivity contribution is 6.36. The lowest BCUT2D eigenvalue weighted by atomic mass is 10.1. The largest absolute Gasteiger partial charge is 0.308 e. The number of hydrogen-bond donors (Lipinski definition) is 1. The molecule has 1 N–H and O–H groups in total. The molecule has 0 fully saturated rings. The van der Waals surface area contributed by atoms with Gasteiger partial charge in [-0.25, -0.2) is 32.2 Å². The van der Waals surface area contributed by atoms with E-state index in [0.717, 1.165) is 4.68 Å². The van der Waals surface area contributed by atoms with Crippen LogP contribution < -0.4 is 5.32 Å². The Labute approximate surface area is 165 Å². The maximum Gasteiger partial charge on any atom is 0.280 e. The van der Waals surface area contributed by atoms with E-state index in [1.165, 1.54) is 19.2 Å². The molecule has 0 saturated heterocycles. The van der Waals surface area contributed by atoms with Gasteiger partial charge in [0.1, 0.15) is 12.2 Å². The van der Waals surface area contributed by atoms with E-state index in [9.17, 15) is 22.4 Å². The zero-order valence-corrected chi connectivity index (χ0v) is 15.6. The highest BCUT2D eigenvalue weighted by Crippen LogP contribution is 2.32. The SMILES string of the molecule is Cc1nn(CC(=O)Nc2ncc(Cl)cc2Cl)c2nc(C(F)F)cc(C(F)F)c12. The van der Waals surface area contributed by atoms with Gasteiger partial charge in [-0.1, -0.05) is 23.2 Å². The molecule has 148 valence electrons. The Bertz CT molecular complexity index is 1060. The van der Waals surface area contributed by atoms with Crippen LogP contribution in [0.25, 0.3) is 11.0 Å². The first-order valence-corrected chi connectivity index (χ1v) is 8.48. The number of fused-ring (bicyclic) bond motifs is 1. The third kappa shape index (κ3) is 4.02. The molecule has 0 unspecified atom stereocenters. The molecule has 0 spiro atoms. The van der Waals surface area contributed by atoms with Crippen LogP contribution in [0.3, 0.4) is 0 Å². The minimum absolute atomic E-state index is 0.0266. The minimum atomic E-state index is -3.06. The number of hydrogen-bond acceptors (Lipinski definition) is 4. The van der Waals surface area contributed by atoms with E-state index in [-0.39, 0.29) is 32.6 Å². The molecule has 3 aromatic heterocycles. The Balaban J connectivity index is 1.97. The summed E-state index contributed by atoms with van der Waals surface area (Å²) >= 11 is 11.7. The van der Waals surface area contributed by atoms with Gasteiger partial charge in [-0.15, -0.1) is 0 Å². The Kier molecular flexibility index (Phi) is 5.71. The molecule has 0 aromatic carbocycles. The normalized spacial score (nSPS) is 11.6. The predicted molar refractivity (Wildman–Crippen MR) is 95.1 cm³/mol. The molecular weight excluding hydrogens is 425 g/mol. The fraction of sp³-hybridized carbons (Fsp3) is 0.250. The summed E-state index contributed by atoms with van der Waals surface area (Å²) in [6, 6.07) is 2.01. The number of nitrogens with one attached hydrogen (secondary N) is 1. The minimum Gasteiger partial charge on any atom is -0.308 e. The van der Waals surface area contributed by atoms with Crippen LogP contribution in [-0.4, -0.2) is 25.7 Å². The third-order valence-electron chi connectivity index (χ3n) is 3.75. The van der Waals surface area contributed by atoms with Gasteiger partial charge in [0.2, 0.25) is 5.91 Å². The molecule has 0 radical (unpaired) electrons. The number of rotatable bonds is 5. The van der Waals surface area contributed by atoms with Crippen LogP contribution in [0.2, 0.25) is 10.0 Å². The van der Waals surface area contributed by atoms with Crippen molar-refractivity contribution < 1.29 is 22.4 Å². The Morgan fingerprint density at radius 2 is 1.93 bits per heavy atom. The van der Waals surface area contributed by atoms with Crippen molar-refractivity contribution in [3.05, 3.63) is 45.3 Å². The number of aryl methyl sites for hydroxylation is 1. The summed E-state index contributed by atoms with van der Waals surface area (Å²) in [6.45, 7) is 0.942. The maximum atomic E-state index is 13.3. The van der Waals surface area contributed by atoms with Crippen molar-refractivity contribution in [3.63, 3.8) is 0 Å². The third-order valence-corrected chi connectivity index (χ3v) is 4.24. The monoisotopic (exact) mass is 435 g/mol. The molecule has 0 saturated carbocycles. The van der Waals surface area contributed by atoms with Crippen LogP contribution in [0.1, 0.15) is 29.8 Å². The lowest BCUT2D eigenvalue weighted by Crippen LogP contribution is -2.20. The zero-order chi connectivity index (χ0) is 20.6. The Morgan fingerprint density at radius 1 is 1.21 bits per heavy atom. The van der Waals surface area contributed by atoms with Gasteiger partial charge in [0.25, 0.3) is 12.9 Å². The molecule has 0 aliphatic heterocycles. The van der Waals surface area contributed by atoms with E-state index >= 15 is 0 Å². The van der Waals surface area contributed by atoms with Crippen LogP contribution in [0.5, 0.6) is 0 Å². The number of carbonyl (C=O) groups excluding carboxylic acids is 1. The van der Waals surface area contributed by atoms with E-state index in [1.807, 2.05) is 0 Å². The number of nitrogens with zero attached hydrogens (tertiary/aromatic N) is 4. The standard InChI is InChI=1S/C16H11Cl2F4N5O/c1-6-12-8(13(19)20)3-10(14(21)22)24-16(12)27(26-6)5-11(28)25-15-9(18)2-7(17)4-23-15/h2-4,13-14H,5H2,1H3,(H,23,25,28). The van der Waals surface area contributed by atoms with Crippen LogP contribution in [0.4, 0.5) is 23.4 Å². The van der Waals surface area contributed by atoms with Crippen molar-refractivity contribution in [3.8, 4) is 0 Å². The molecule has 12 heteroatoms. The molecule has 0 aliphatic carbocycles. The first-order valence-electron chi connectivity index (χ1n) is 7.72. The van der Waals surface area contributed by atoms with Crippen molar-refractivity contribution in [1.82, 2.24) is 19.7 Å². The summed E-state index contributed by atoms with van der Waals surface area (Å²) in [7, 11) is 0. The molecule has 0 aliphatic rings. The Morgan fingerprint density at radius 3 is 2.54 bits per heavy atom. The molecule has 6 nitrogen and oxygen atoms in total. The maximum absolute atomic E-state index is 13.3. The zero-order valence-electron chi connectivity index (χ0n) is 14.1. The van der Waals surface area contributed by atoms with Crippen molar-refractivity contribution >= 4 is 46.0 Å². The summed E-state index contributed by atoms with van der Waals surface area (Å²) in [4.78, 5) is 19.8. The average molecular weight is 436 g/mol. The smallest absolute Gasteiger partial charge is 0.280 e. The van der Waals surface area contributed by atoms with E-state index in [1.54, 1.807) is 0 Å². The van der Waals surface area contributed by atoms with Gasteiger partial charge < -0.3 is 5.32 Å². The molecule has 28 heavy (non-hydrogen) atoms. The lowest BCUT2D eigenvalue weighted by molar-refractivity contribution is -0.116. The van der Waals surface area contributed by atoms with E-state index in [0.29, 0.717) is 6.07 Å². The molecule has 3 rings (SSSR count). The summed E-state index contributed by atoms with van der Waals surface area (Å²) in [5.74, 6) is -0.636. The van der Waals surface area contributed by atoms with Crippen LogP contribution in [0, 0.1) is 6.92 Å². The van der Waals surface area contributed by atoms with Gasteiger partial charge in [-0.3, -0.25) is 4.79 Å². The van der Waals surface area contributed by atoms with E-state index in [2.05, 4.69) is 20.4 Å². The number of pyridine rings is 2. The van der Waals surface area contributed by atoms with Crippen molar-refractivity contribution in [2.24, 2.45) is 0 Å². The van der Waals surface area contributed by atoms with Crippen LogP contribution in [-0.2, 0) is 11.3 Å². The number of carbonyl (C=O) groups is 1. The van der Waals surface area contributed by atoms with Crippen molar-refractivity contribution in [2.75, 3.05) is 5.32 Å². The molecule has 3 heterocycles. The number of halogens is 6. The molecule has 1 amide bonds. The number of amides is 1. The van der Waals surface area contributed by atoms with Crippen LogP contribution >= 0.6 is 23.2 Å². The van der Waals surface area contributed by atoms with Gasteiger partial charge in [-0.2, -0.15) is 5.10 Å². The molecule has 3 aromatic rings. The average Bonchev–Trinajstić information content (AvgIpc) is 2.92. The summed E-state index contributed by atoms with van der Waals surface area (Å²) < 4.78 is 53.7. The van der Waals surface area contributed by atoms with Gasteiger partial charge in [0, 0.05) is 11.8 Å². The van der Waals surface area contributed by atoms with E-state index < -0.39 is 36.6 Å². The molecular formula is C16H11Cl2F4N5O. The van der Waals surface area contributed by atoms with E-state index in [4.69, 9.17) is 23.2 Å². The second-order valence-electron chi connectivity index (χ2n) is 5.71. The lowest BCUT2D eigenvalue weighted by Gasteiger charge is -2.09. The second kappa shape index (κ2) is 7.88. The highest BCUT2D eigenvalue weighted by atomic mass is 35.5. The second-order valence-corrected chi connectivity index (χ2v) is 6.56. The highest BCUT2D eigenvalue weighted by Gasteiger charge is 2.24. The van der Waals surface area contributed by atoms with Gasteiger partial charge in [0.15, 0.2) is 11.5 Å².